The molecule has 1 aliphatic heterocycles. The van der Waals surface area contributed by atoms with Crippen molar-refractivity contribution in [2.75, 3.05) is 19.6 Å². The third kappa shape index (κ3) is 6.58. The van der Waals surface area contributed by atoms with E-state index in [4.69, 9.17) is 0 Å². The van der Waals surface area contributed by atoms with Gasteiger partial charge in [-0.1, -0.05) is 0 Å². The molecule has 10 heteroatoms. The lowest BCUT2D eigenvalue weighted by Gasteiger charge is -2.25. The van der Waals surface area contributed by atoms with Crippen LogP contribution in [-0.2, 0) is 13.0 Å². The summed E-state index contributed by atoms with van der Waals surface area (Å²) in [5, 5.41) is 23.2. The van der Waals surface area contributed by atoms with Crippen LogP contribution in [0.3, 0.4) is 0 Å². The maximum absolute atomic E-state index is 12.1. The number of guanidine groups is 1. The van der Waals surface area contributed by atoms with Gasteiger partial charge < -0.3 is 21.1 Å². The molecule has 158 valence electrons. The lowest BCUT2D eigenvalue weighted by Crippen LogP contribution is -2.47. The number of hydrogen-bond donors (Lipinski definition) is 4. The molecule has 2 aromatic rings. The topological polar surface area (TPSA) is 116 Å². The molecule has 0 spiro atoms. The molecule has 1 atom stereocenters. The number of carbonyl (C=O) groups excluding carboxylic acids is 1. The fraction of sp³-hybridized carbons (Fsp3) is 0.474. The van der Waals surface area contributed by atoms with Crippen molar-refractivity contribution in [1.82, 2.24) is 30.7 Å². The summed E-state index contributed by atoms with van der Waals surface area (Å²) in [6.45, 7) is 6.33. The molecule has 0 fully saturated rings. The molecule has 0 saturated heterocycles. The number of amides is 1. The van der Waals surface area contributed by atoms with Crippen LogP contribution in [-0.4, -0.2) is 57.4 Å². The summed E-state index contributed by atoms with van der Waals surface area (Å²) < 4.78 is 1.96. The highest BCUT2D eigenvalue weighted by atomic mass is 127. The van der Waals surface area contributed by atoms with Crippen LogP contribution in [0.1, 0.15) is 35.4 Å². The Hall–Kier alpha value is -2.37. The number of nitrogens with zero attached hydrogens (tertiary/aromatic N) is 4. The van der Waals surface area contributed by atoms with E-state index in [0.29, 0.717) is 18.7 Å². The third-order valence-electron chi connectivity index (χ3n) is 4.45. The highest BCUT2D eigenvalue weighted by Crippen LogP contribution is 2.12. The molecular weight excluding hydrogens is 485 g/mol. The molecule has 3 rings (SSSR count). The van der Waals surface area contributed by atoms with Crippen LogP contribution < -0.4 is 16.0 Å². The summed E-state index contributed by atoms with van der Waals surface area (Å²) in [5.41, 5.74) is 0.507. The lowest BCUT2D eigenvalue weighted by molar-refractivity contribution is 0.0955. The van der Waals surface area contributed by atoms with Crippen molar-refractivity contribution in [2.24, 2.45) is 4.99 Å². The van der Waals surface area contributed by atoms with Crippen molar-refractivity contribution >= 4 is 35.8 Å². The number of fused-ring (bicyclic) bond motifs is 1. The molecule has 0 bridgehead atoms. The van der Waals surface area contributed by atoms with Gasteiger partial charge in [-0.25, -0.2) is 9.67 Å². The van der Waals surface area contributed by atoms with Crippen LogP contribution in [0.5, 0.6) is 5.75 Å². The lowest BCUT2D eigenvalue weighted by atomic mass is 10.1. The SMILES string of the molecule is CCNC(=NCCNC(=O)c1ccc(O)cc1)NC1CCc2nc(C)nn2C1.I. The van der Waals surface area contributed by atoms with E-state index in [9.17, 15) is 9.90 Å². The second-order valence-corrected chi connectivity index (χ2v) is 6.70. The largest absolute Gasteiger partial charge is 0.508 e. The van der Waals surface area contributed by atoms with Crippen molar-refractivity contribution in [3.8, 4) is 5.75 Å². The fourth-order valence-electron chi connectivity index (χ4n) is 3.12. The summed E-state index contributed by atoms with van der Waals surface area (Å²) in [6, 6.07) is 6.39. The highest BCUT2D eigenvalue weighted by molar-refractivity contribution is 14.0. The van der Waals surface area contributed by atoms with Gasteiger partial charge in [0.2, 0.25) is 0 Å². The number of halogens is 1. The molecule has 0 saturated carbocycles. The number of carbonyl (C=O) groups is 1. The van der Waals surface area contributed by atoms with Crippen LogP contribution in [0.2, 0.25) is 0 Å². The van der Waals surface area contributed by atoms with Crippen LogP contribution in [0, 0.1) is 6.92 Å². The van der Waals surface area contributed by atoms with Crippen LogP contribution >= 0.6 is 24.0 Å². The van der Waals surface area contributed by atoms with E-state index in [1.807, 2.05) is 18.5 Å². The molecule has 9 nitrogen and oxygen atoms in total. The molecule has 0 aliphatic carbocycles. The Kier molecular flexibility index (Phi) is 8.68. The first-order valence-electron chi connectivity index (χ1n) is 9.57. The van der Waals surface area contributed by atoms with E-state index in [1.54, 1.807) is 12.1 Å². The van der Waals surface area contributed by atoms with Gasteiger partial charge in [-0.05, 0) is 44.5 Å². The van der Waals surface area contributed by atoms with Gasteiger partial charge in [0.25, 0.3) is 5.91 Å². The van der Waals surface area contributed by atoms with Gasteiger partial charge in [0.05, 0.1) is 13.1 Å². The number of aryl methyl sites for hydroxylation is 2. The molecule has 29 heavy (non-hydrogen) atoms. The predicted molar refractivity (Wildman–Crippen MR) is 122 cm³/mol. The van der Waals surface area contributed by atoms with Gasteiger partial charge in [0.1, 0.15) is 17.4 Å². The van der Waals surface area contributed by atoms with Crippen molar-refractivity contribution in [3.63, 3.8) is 0 Å². The minimum absolute atomic E-state index is 0. The summed E-state index contributed by atoms with van der Waals surface area (Å²) in [5.74, 6) is 2.52. The summed E-state index contributed by atoms with van der Waals surface area (Å²) in [6.07, 6.45) is 1.86. The summed E-state index contributed by atoms with van der Waals surface area (Å²) in [7, 11) is 0. The zero-order valence-corrected chi connectivity index (χ0v) is 19.0. The number of aromatic nitrogens is 3. The number of benzene rings is 1. The molecule has 1 unspecified atom stereocenters. The standard InChI is InChI=1S/C19H27N7O2.HI/c1-3-20-19(24-15-6-9-17-23-13(2)25-26(17)12-15)22-11-10-21-18(28)14-4-7-16(27)8-5-14;/h4-5,7-8,15,27H,3,6,9-12H2,1-2H3,(H,21,28)(H2,20,22,24);1H. The van der Waals surface area contributed by atoms with Gasteiger partial charge in [-0.3, -0.25) is 9.79 Å². The first-order valence-corrected chi connectivity index (χ1v) is 9.57. The van der Waals surface area contributed by atoms with Crippen molar-refractivity contribution < 1.29 is 9.90 Å². The number of hydrogen-bond acceptors (Lipinski definition) is 5. The minimum Gasteiger partial charge on any atom is -0.508 e. The van der Waals surface area contributed by atoms with Crippen molar-refractivity contribution in [3.05, 3.63) is 41.5 Å². The molecule has 2 heterocycles. The minimum atomic E-state index is -0.186. The second-order valence-electron chi connectivity index (χ2n) is 6.70. The van der Waals surface area contributed by atoms with Crippen LogP contribution in [0.25, 0.3) is 0 Å². The molecule has 0 radical (unpaired) electrons. The van der Waals surface area contributed by atoms with Crippen LogP contribution in [0.15, 0.2) is 29.3 Å². The Morgan fingerprint density at radius 2 is 2.07 bits per heavy atom. The Morgan fingerprint density at radius 1 is 1.31 bits per heavy atom. The van der Waals surface area contributed by atoms with E-state index >= 15 is 0 Å². The normalized spacial score (nSPS) is 15.8. The number of nitrogens with one attached hydrogen (secondary N) is 3. The monoisotopic (exact) mass is 513 g/mol. The van der Waals surface area contributed by atoms with Gasteiger partial charge in [-0.2, -0.15) is 5.10 Å². The number of phenolic OH excluding ortho intramolecular Hbond substituents is 1. The number of aromatic hydroxyl groups is 1. The maximum atomic E-state index is 12.1. The number of phenols is 1. The van der Waals surface area contributed by atoms with E-state index in [-0.39, 0.29) is 41.7 Å². The second kappa shape index (κ2) is 11.0. The Bertz CT molecular complexity index is 836. The Labute approximate surface area is 187 Å². The van der Waals surface area contributed by atoms with Gasteiger partial charge in [-0.15, -0.1) is 24.0 Å². The Morgan fingerprint density at radius 3 is 2.79 bits per heavy atom. The van der Waals surface area contributed by atoms with Crippen LogP contribution in [0.4, 0.5) is 0 Å². The Balaban J connectivity index is 0.00000300. The van der Waals surface area contributed by atoms with E-state index in [1.165, 1.54) is 12.1 Å². The zero-order valence-electron chi connectivity index (χ0n) is 16.7. The first-order chi connectivity index (χ1) is 13.5. The number of aliphatic imine (C=N–C) groups is 1. The summed E-state index contributed by atoms with van der Waals surface area (Å²) in [4.78, 5) is 21.0. The average molecular weight is 513 g/mol. The fourth-order valence-corrected chi connectivity index (χ4v) is 3.12. The van der Waals surface area contributed by atoms with E-state index in [0.717, 1.165) is 43.5 Å². The third-order valence-corrected chi connectivity index (χ3v) is 4.45. The molecule has 4 N–H and O–H groups in total. The highest BCUT2D eigenvalue weighted by Gasteiger charge is 2.21. The van der Waals surface area contributed by atoms with Crippen molar-refractivity contribution in [2.45, 2.75) is 39.3 Å². The molecule has 1 amide bonds. The number of rotatable bonds is 6. The van der Waals surface area contributed by atoms with Gasteiger partial charge >= 0.3 is 0 Å². The zero-order chi connectivity index (χ0) is 19.9. The molecular formula is C19H28IN7O2. The van der Waals surface area contributed by atoms with Gasteiger partial charge in [0, 0.05) is 31.1 Å². The maximum Gasteiger partial charge on any atom is 0.251 e. The smallest absolute Gasteiger partial charge is 0.251 e. The molecule has 1 aromatic carbocycles. The predicted octanol–water partition coefficient (Wildman–Crippen LogP) is 1.21. The quantitative estimate of drug-likeness (QED) is 0.200. The van der Waals surface area contributed by atoms with Gasteiger partial charge in [0.15, 0.2) is 5.96 Å². The molecule has 1 aliphatic rings. The average Bonchev–Trinajstić information content (AvgIpc) is 3.05. The van der Waals surface area contributed by atoms with E-state index < -0.39 is 0 Å². The first kappa shape index (κ1) is 22.9. The molecule has 1 aromatic heterocycles. The van der Waals surface area contributed by atoms with E-state index in [2.05, 4.69) is 31.0 Å². The van der Waals surface area contributed by atoms with Crippen molar-refractivity contribution in [1.29, 1.82) is 0 Å². The summed E-state index contributed by atoms with van der Waals surface area (Å²) >= 11 is 0.